The van der Waals surface area contributed by atoms with Gasteiger partial charge < -0.3 is 18.2 Å². The van der Waals surface area contributed by atoms with Crippen molar-refractivity contribution in [1.82, 2.24) is 4.90 Å². The summed E-state index contributed by atoms with van der Waals surface area (Å²) in [5.74, 6) is 2.45. The van der Waals surface area contributed by atoms with Gasteiger partial charge in [0.05, 0.1) is 6.04 Å². The van der Waals surface area contributed by atoms with Gasteiger partial charge in [-0.2, -0.15) is 0 Å². The van der Waals surface area contributed by atoms with Gasteiger partial charge in [-0.1, -0.05) is 39.0 Å². The maximum absolute atomic E-state index is 5.09. The van der Waals surface area contributed by atoms with Gasteiger partial charge in [-0.3, -0.25) is 0 Å². The average Bonchev–Trinajstić information content (AvgIpc) is 2.49. The molecule has 0 radical (unpaired) electrons. The van der Waals surface area contributed by atoms with Crippen molar-refractivity contribution in [3.63, 3.8) is 0 Å². The van der Waals surface area contributed by atoms with E-state index in [1.54, 1.807) is 0 Å². The number of unbranched alkanes of at least 4 members (excludes halogenated alkanes) is 5. The Hall–Kier alpha value is -0.0931. The molecule has 0 atom stereocenters. The molecular formula is C16H36ClNO3Si. The molecule has 134 valence electrons. The van der Waals surface area contributed by atoms with Crippen LogP contribution >= 0.6 is 12.4 Å². The highest BCUT2D eigenvalue weighted by Gasteiger charge is 2.36. The van der Waals surface area contributed by atoms with Crippen molar-refractivity contribution in [2.24, 2.45) is 0 Å². The lowest BCUT2D eigenvalue weighted by atomic mass is 10.1. The summed E-state index contributed by atoms with van der Waals surface area (Å²) in [7, 11) is 6.45. The van der Waals surface area contributed by atoms with E-state index in [2.05, 4.69) is 31.8 Å². The van der Waals surface area contributed by atoms with E-state index in [-0.39, 0.29) is 12.4 Å². The fraction of sp³-hybridized carbons (Fsp3) is 0.875. The van der Waals surface area contributed by atoms with E-state index in [1.165, 1.54) is 66.4 Å². The van der Waals surface area contributed by atoms with Crippen molar-refractivity contribution in [2.75, 3.05) is 42.0 Å². The Kier molecular flexibility index (Phi) is 23.1. The van der Waals surface area contributed by atoms with Crippen molar-refractivity contribution in [3.05, 3.63) is 0 Å². The van der Waals surface area contributed by atoms with Crippen LogP contribution in [0.4, 0.5) is 0 Å². The van der Waals surface area contributed by atoms with E-state index in [4.69, 9.17) is 19.7 Å². The summed E-state index contributed by atoms with van der Waals surface area (Å²) >= 11 is 0. The van der Waals surface area contributed by atoms with Crippen molar-refractivity contribution >= 4 is 21.2 Å². The highest BCUT2D eigenvalue weighted by atomic mass is 35.5. The zero-order valence-electron chi connectivity index (χ0n) is 15.3. The molecule has 0 rings (SSSR count). The number of halogens is 1. The number of nitrogens with zero attached hydrogens (tertiary/aromatic N) is 1. The first kappa shape index (κ1) is 26.8. The smallest absolute Gasteiger partial charge is 0.376 e. The quantitative estimate of drug-likeness (QED) is 0.321. The molecule has 0 bridgehead atoms. The fourth-order valence-corrected chi connectivity index (χ4v) is 2.98. The molecule has 4 nitrogen and oxygen atoms in total. The third kappa shape index (κ3) is 16.3. The second-order valence-electron chi connectivity index (χ2n) is 5.25. The molecule has 0 aliphatic carbocycles. The lowest BCUT2D eigenvalue weighted by Gasteiger charge is -2.21. The lowest BCUT2D eigenvalue weighted by molar-refractivity contribution is 0.128. The second-order valence-corrected chi connectivity index (χ2v) is 8.19. The number of hydrogen-bond acceptors (Lipinski definition) is 4. The Morgan fingerprint density at radius 3 is 1.68 bits per heavy atom. The van der Waals surface area contributed by atoms with Crippen LogP contribution in [0.25, 0.3) is 0 Å². The molecule has 0 heterocycles. The van der Waals surface area contributed by atoms with Crippen LogP contribution in [-0.4, -0.2) is 55.7 Å². The van der Waals surface area contributed by atoms with Gasteiger partial charge in [-0.05, 0) is 27.1 Å². The summed E-state index contributed by atoms with van der Waals surface area (Å²) < 4.78 is 15.1. The van der Waals surface area contributed by atoms with Gasteiger partial charge in [0.15, 0.2) is 0 Å². The van der Waals surface area contributed by atoms with Gasteiger partial charge in [0.25, 0.3) is 0 Å². The summed E-state index contributed by atoms with van der Waals surface area (Å²) in [6.45, 7) is 3.52. The molecule has 0 N–H and O–H groups in total. The number of hydrogen-bond donors (Lipinski definition) is 0. The van der Waals surface area contributed by atoms with Crippen molar-refractivity contribution in [3.8, 4) is 12.3 Å². The number of terminal acetylenes is 1. The van der Waals surface area contributed by atoms with Gasteiger partial charge in [0.2, 0.25) is 0 Å². The highest BCUT2D eigenvalue weighted by Crippen LogP contribution is 2.10. The molecule has 0 aromatic heterocycles. The molecule has 0 saturated carbocycles. The first-order valence-electron chi connectivity index (χ1n) is 7.75. The summed E-state index contributed by atoms with van der Waals surface area (Å²) in [5, 5.41) is 0. The minimum absolute atomic E-state index is 0. The molecule has 0 aromatic carbocycles. The Morgan fingerprint density at radius 2 is 1.36 bits per heavy atom. The molecule has 22 heavy (non-hydrogen) atoms. The molecule has 0 aliphatic rings. The molecule has 0 fully saturated rings. The van der Waals surface area contributed by atoms with Gasteiger partial charge >= 0.3 is 8.80 Å². The molecule has 6 heteroatoms. The van der Waals surface area contributed by atoms with E-state index < -0.39 is 8.80 Å². The van der Waals surface area contributed by atoms with E-state index in [0.717, 1.165) is 0 Å². The van der Waals surface area contributed by atoms with E-state index in [9.17, 15) is 0 Å². The Balaban J connectivity index is -0.000000315. The molecule has 0 unspecified atom stereocenters. The van der Waals surface area contributed by atoms with E-state index in [0.29, 0.717) is 6.04 Å². The van der Waals surface area contributed by atoms with Crippen LogP contribution in [0.1, 0.15) is 45.4 Å². The van der Waals surface area contributed by atoms with Gasteiger partial charge in [-0.25, -0.2) is 0 Å². The van der Waals surface area contributed by atoms with Gasteiger partial charge in [-0.15, -0.1) is 24.8 Å². The monoisotopic (exact) mass is 353 g/mol. The zero-order valence-corrected chi connectivity index (χ0v) is 17.1. The van der Waals surface area contributed by atoms with Gasteiger partial charge in [0, 0.05) is 21.3 Å². The van der Waals surface area contributed by atoms with E-state index >= 15 is 0 Å². The maximum atomic E-state index is 5.09. The topological polar surface area (TPSA) is 30.9 Å². The van der Waals surface area contributed by atoms with Crippen LogP contribution in [0.15, 0.2) is 0 Å². The largest absolute Gasteiger partial charge is 0.512 e. The number of rotatable bonds is 11. The second kappa shape index (κ2) is 19.0. The summed E-state index contributed by atoms with van der Waals surface area (Å²) in [6, 6.07) is 0.413. The molecule has 0 amide bonds. The highest BCUT2D eigenvalue weighted by molar-refractivity contribution is 6.61. The summed E-state index contributed by atoms with van der Waals surface area (Å²) in [4.78, 5) is 2.26. The van der Waals surface area contributed by atoms with Crippen LogP contribution in [0, 0.1) is 12.3 Å². The fourth-order valence-electron chi connectivity index (χ4n) is 1.80. The predicted octanol–water partition coefficient (Wildman–Crippen LogP) is 3.83. The molecular weight excluding hydrogens is 318 g/mol. The Morgan fingerprint density at radius 1 is 0.909 bits per heavy atom. The normalized spacial score (nSPS) is 10.5. The molecule has 0 spiro atoms. The minimum Gasteiger partial charge on any atom is -0.376 e. The lowest BCUT2D eigenvalue weighted by Crippen LogP contribution is -2.42. The standard InChI is InChI=1S/C10H23N.C6H12O3Si.ClH/c1-4-5-6-7-8-9-10-11(2)3;1-5-6-10(7-2,8-3)9-4;/h4-10H2,1-3H3;1H,6H2,2-4H3;1H. The maximum Gasteiger partial charge on any atom is 0.512 e. The Bertz CT molecular complexity index is 248. The SMILES string of the molecule is C#CC[Si](OC)(OC)OC.CCCCCCCCN(C)C.Cl. The van der Waals surface area contributed by atoms with Crippen molar-refractivity contribution in [2.45, 2.75) is 51.5 Å². The predicted molar refractivity (Wildman–Crippen MR) is 99.6 cm³/mol. The van der Waals surface area contributed by atoms with Crippen molar-refractivity contribution in [1.29, 1.82) is 0 Å². The molecule has 0 saturated heterocycles. The van der Waals surface area contributed by atoms with Crippen LogP contribution in [0.2, 0.25) is 6.04 Å². The third-order valence-electron chi connectivity index (χ3n) is 3.21. The molecule has 0 aromatic rings. The molecule has 0 aliphatic heterocycles. The first-order valence-corrected chi connectivity index (χ1v) is 9.68. The van der Waals surface area contributed by atoms with Crippen LogP contribution in [0.3, 0.4) is 0 Å². The van der Waals surface area contributed by atoms with Crippen LogP contribution in [-0.2, 0) is 13.3 Å². The Labute approximate surface area is 145 Å². The summed E-state index contributed by atoms with van der Waals surface area (Å²) in [5.41, 5.74) is 0. The van der Waals surface area contributed by atoms with Crippen molar-refractivity contribution < 1.29 is 13.3 Å². The first-order chi connectivity index (χ1) is 10.0. The van der Waals surface area contributed by atoms with Crippen LogP contribution < -0.4 is 0 Å². The van der Waals surface area contributed by atoms with E-state index in [1.807, 2.05) is 0 Å². The average molecular weight is 354 g/mol. The van der Waals surface area contributed by atoms with Gasteiger partial charge in [0.1, 0.15) is 0 Å². The third-order valence-corrected chi connectivity index (χ3v) is 5.71. The van der Waals surface area contributed by atoms with Crippen LogP contribution in [0.5, 0.6) is 0 Å². The zero-order chi connectivity index (χ0) is 16.6. The summed E-state index contributed by atoms with van der Waals surface area (Å²) in [6.07, 6.45) is 13.5. The minimum atomic E-state index is -2.45.